The molecule has 0 saturated carbocycles. The lowest BCUT2D eigenvalue weighted by molar-refractivity contribution is 0.480. The Bertz CT molecular complexity index is 47.5. The molecule has 0 aliphatic carbocycles. The van der Waals surface area contributed by atoms with Crippen LogP contribution in [0, 0.1) is 0 Å². The van der Waals surface area contributed by atoms with E-state index < -0.39 is 0 Å². The molecule has 0 rings (SSSR count). The maximum Gasteiger partial charge on any atom is 0.116 e. The first-order chi connectivity index (χ1) is 2.77. The molecule has 0 aromatic heterocycles. The van der Waals surface area contributed by atoms with Crippen molar-refractivity contribution in [1.82, 2.24) is 5.12 Å². The van der Waals surface area contributed by atoms with Crippen LogP contribution in [0.5, 0.6) is 0 Å². The largest absolute Gasteiger partial charge is 0.276 e. The molecule has 0 aliphatic heterocycles. The molecular formula is C2H8N4. The first-order valence-electron chi connectivity index (χ1n) is 1.48. The summed E-state index contributed by atoms with van der Waals surface area (Å²) in [7, 11) is 1.59. The van der Waals surface area contributed by atoms with E-state index in [4.69, 9.17) is 11.7 Å². The first kappa shape index (κ1) is 5.39. The molecule has 4 heteroatoms. The first-order valence-corrected chi connectivity index (χ1v) is 1.48. The molecule has 0 saturated heterocycles. The van der Waals surface area contributed by atoms with Crippen molar-refractivity contribution in [3.05, 3.63) is 0 Å². The number of hydrogen-bond donors (Lipinski definition) is 2. The number of aliphatic imine (C=N–C) groups is 1. The Balaban J connectivity index is 3.03. The zero-order valence-corrected chi connectivity index (χ0v) is 3.63. The molecule has 0 aliphatic rings. The highest BCUT2D eigenvalue weighted by Crippen LogP contribution is 1.47. The summed E-state index contributed by atoms with van der Waals surface area (Å²) in [5, 5.41) is 0.889. The summed E-state index contributed by atoms with van der Waals surface area (Å²) in [5.74, 6) is 9.73. The molecule has 4 N–H and O–H groups in total. The Labute approximate surface area is 36.4 Å². The van der Waals surface area contributed by atoms with Crippen LogP contribution in [0.3, 0.4) is 0 Å². The summed E-state index contributed by atoms with van der Waals surface area (Å²) in [6, 6.07) is 0. The van der Waals surface area contributed by atoms with Gasteiger partial charge in [0, 0.05) is 7.05 Å². The topological polar surface area (TPSA) is 67.6 Å². The zero-order valence-electron chi connectivity index (χ0n) is 3.63. The lowest BCUT2D eigenvalue weighted by atomic mass is 11.2. The molecular weight excluding hydrogens is 80.0 g/mol. The molecule has 4 nitrogen and oxygen atoms in total. The standard InChI is InChI=1S/C2H8N4/c1-5-2-6(3)4/h2H,3-4H2,1H3. The van der Waals surface area contributed by atoms with Gasteiger partial charge in [-0.2, -0.15) is 0 Å². The van der Waals surface area contributed by atoms with Crippen LogP contribution < -0.4 is 11.7 Å². The predicted octanol–water partition coefficient (Wildman–Crippen LogP) is -1.31. The van der Waals surface area contributed by atoms with Crippen molar-refractivity contribution in [2.24, 2.45) is 16.7 Å². The number of nitrogens with zero attached hydrogens (tertiary/aromatic N) is 2. The van der Waals surface area contributed by atoms with Crippen LogP contribution in [0.15, 0.2) is 4.99 Å². The maximum atomic E-state index is 4.86. The highest BCUT2D eigenvalue weighted by Gasteiger charge is 1.67. The van der Waals surface area contributed by atoms with E-state index in [0.29, 0.717) is 0 Å². The van der Waals surface area contributed by atoms with E-state index >= 15 is 0 Å². The van der Waals surface area contributed by atoms with Gasteiger partial charge in [0.2, 0.25) is 0 Å². The van der Waals surface area contributed by atoms with Gasteiger partial charge in [-0.3, -0.25) is 4.99 Å². The summed E-state index contributed by atoms with van der Waals surface area (Å²) in [6.45, 7) is 0. The lowest BCUT2D eigenvalue weighted by Crippen LogP contribution is -2.36. The number of rotatable bonds is 1. The second-order valence-electron chi connectivity index (χ2n) is 0.821. The molecule has 0 atom stereocenters. The Kier molecular flexibility index (Phi) is 2.35. The van der Waals surface area contributed by atoms with Crippen LogP contribution in [0.4, 0.5) is 0 Å². The predicted molar refractivity (Wildman–Crippen MR) is 24.6 cm³/mol. The summed E-state index contributed by atoms with van der Waals surface area (Å²) in [5.41, 5.74) is 0. The molecule has 36 valence electrons. The van der Waals surface area contributed by atoms with Crippen LogP contribution in [-0.2, 0) is 0 Å². The van der Waals surface area contributed by atoms with Crippen molar-refractivity contribution >= 4 is 6.34 Å². The van der Waals surface area contributed by atoms with Crippen LogP contribution in [0.1, 0.15) is 0 Å². The normalized spacial score (nSPS) is 9.83. The third kappa shape index (κ3) is 3.39. The maximum absolute atomic E-state index is 4.86. The summed E-state index contributed by atoms with van der Waals surface area (Å²) < 4.78 is 0. The van der Waals surface area contributed by atoms with Crippen molar-refractivity contribution in [1.29, 1.82) is 0 Å². The van der Waals surface area contributed by atoms with Crippen LogP contribution in [-0.4, -0.2) is 18.5 Å². The van der Waals surface area contributed by atoms with Gasteiger partial charge in [0.1, 0.15) is 6.34 Å². The van der Waals surface area contributed by atoms with Gasteiger partial charge in [0.05, 0.1) is 0 Å². The molecule has 0 amide bonds. The van der Waals surface area contributed by atoms with Crippen LogP contribution >= 0.6 is 0 Å². The number of nitrogens with two attached hydrogens (primary N) is 2. The van der Waals surface area contributed by atoms with Crippen molar-refractivity contribution in [3.8, 4) is 0 Å². The third-order valence-electron chi connectivity index (χ3n) is 0.249. The van der Waals surface area contributed by atoms with Gasteiger partial charge in [0.15, 0.2) is 0 Å². The fourth-order valence-corrected chi connectivity index (χ4v) is 0.133. The van der Waals surface area contributed by atoms with Gasteiger partial charge in [-0.15, -0.1) is 0 Å². The van der Waals surface area contributed by atoms with Crippen molar-refractivity contribution in [3.63, 3.8) is 0 Å². The SMILES string of the molecule is CN=CN(N)N. The highest BCUT2D eigenvalue weighted by molar-refractivity contribution is 5.52. The molecule has 0 aromatic rings. The monoisotopic (exact) mass is 88.1 g/mol. The van der Waals surface area contributed by atoms with E-state index in [-0.39, 0.29) is 0 Å². The zero-order chi connectivity index (χ0) is 4.99. The van der Waals surface area contributed by atoms with Crippen molar-refractivity contribution in [2.45, 2.75) is 0 Å². The quantitative estimate of drug-likeness (QED) is 0.181. The Morgan fingerprint density at radius 2 is 2.17 bits per heavy atom. The minimum absolute atomic E-state index is 0.889. The summed E-state index contributed by atoms with van der Waals surface area (Å²) >= 11 is 0. The van der Waals surface area contributed by atoms with Crippen molar-refractivity contribution < 1.29 is 0 Å². The van der Waals surface area contributed by atoms with Gasteiger partial charge in [0.25, 0.3) is 0 Å². The molecule has 0 bridgehead atoms. The second kappa shape index (κ2) is 2.62. The Morgan fingerprint density at radius 3 is 2.17 bits per heavy atom. The van der Waals surface area contributed by atoms with Crippen molar-refractivity contribution in [2.75, 3.05) is 7.05 Å². The minimum atomic E-state index is 0.889. The smallest absolute Gasteiger partial charge is 0.116 e. The lowest BCUT2D eigenvalue weighted by Gasteiger charge is -1.98. The average molecular weight is 88.1 g/mol. The van der Waals surface area contributed by atoms with Gasteiger partial charge in [-0.05, 0) is 0 Å². The van der Waals surface area contributed by atoms with E-state index in [9.17, 15) is 0 Å². The van der Waals surface area contributed by atoms with E-state index in [0.717, 1.165) is 5.12 Å². The van der Waals surface area contributed by atoms with Gasteiger partial charge in [-0.1, -0.05) is 0 Å². The van der Waals surface area contributed by atoms with Gasteiger partial charge in [-0.25, -0.2) is 16.8 Å². The van der Waals surface area contributed by atoms with E-state index in [1.165, 1.54) is 6.34 Å². The Morgan fingerprint density at radius 1 is 1.67 bits per heavy atom. The molecule has 6 heavy (non-hydrogen) atoms. The highest BCUT2D eigenvalue weighted by atomic mass is 15.6. The molecule has 0 fully saturated rings. The number of hydrogen-bond acceptors (Lipinski definition) is 3. The molecule has 0 radical (unpaired) electrons. The average Bonchev–Trinajstić information content (AvgIpc) is 1.35. The second-order valence-corrected chi connectivity index (χ2v) is 0.821. The fraction of sp³-hybridized carbons (Fsp3) is 0.500. The molecule has 0 spiro atoms. The van der Waals surface area contributed by atoms with Gasteiger partial charge >= 0.3 is 0 Å². The molecule has 0 heterocycles. The van der Waals surface area contributed by atoms with Crippen LogP contribution in [0.25, 0.3) is 0 Å². The molecule has 0 aromatic carbocycles. The summed E-state index contributed by atoms with van der Waals surface area (Å²) in [6.07, 6.45) is 1.31. The van der Waals surface area contributed by atoms with Gasteiger partial charge < -0.3 is 0 Å². The van der Waals surface area contributed by atoms with E-state index in [1.807, 2.05) is 0 Å². The van der Waals surface area contributed by atoms with Crippen LogP contribution in [0.2, 0.25) is 0 Å². The summed E-state index contributed by atoms with van der Waals surface area (Å²) in [4.78, 5) is 3.49. The molecule has 0 unspecified atom stereocenters. The third-order valence-corrected chi connectivity index (χ3v) is 0.249. The minimum Gasteiger partial charge on any atom is -0.276 e. The van der Waals surface area contributed by atoms with E-state index in [2.05, 4.69) is 4.99 Å². The van der Waals surface area contributed by atoms with E-state index in [1.54, 1.807) is 7.05 Å². The number of hydrazine groups is 2. The fourth-order valence-electron chi connectivity index (χ4n) is 0.133. The Hall–Kier alpha value is -0.610.